The number of aliphatic hydroxyl groups excluding tert-OH is 1. The average Bonchev–Trinajstić information content (AvgIpc) is 3.85. The molecular weight excluding hydrogens is 763 g/mol. The summed E-state index contributed by atoms with van der Waals surface area (Å²) in [6.07, 6.45) is 2.94. The van der Waals surface area contributed by atoms with Gasteiger partial charge >= 0.3 is 0 Å². The zero-order chi connectivity index (χ0) is 41.8. The molecular formula is C46H53N7O5S. The van der Waals surface area contributed by atoms with Crippen LogP contribution in [0.2, 0.25) is 0 Å². The Balaban J connectivity index is 0.924. The lowest BCUT2D eigenvalue weighted by molar-refractivity contribution is -0.144. The van der Waals surface area contributed by atoms with Gasteiger partial charge in [0.15, 0.2) is 0 Å². The number of aliphatic hydroxyl groups is 1. The number of nitrogens with one attached hydrogen (secondary N) is 2. The molecule has 2 aromatic heterocycles. The Bertz CT molecular complexity index is 2260. The number of piperidine rings is 1. The van der Waals surface area contributed by atoms with Crippen LogP contribution >= 0.6 is 11.3 Å². The van der Waals surface area contributed by atoms with Crippen molar-refractivity contribution >= 4 is 34.7 Å². The van der Waals surface area contributed by atoms with Gasteiger partial charge in [-0.3, -0.25) is 14.4 Å². The van der Waals surface area contributed by atoms with Crippen molar-refractivity contribution in [3.63, 3.8) is 0 Å². The van der Waals surface area contributed by atoms with Crippen molar-refractivity contribution in [2.45, 2.75) is 84.5 Å². The van der Waals surface area contributed by atoms with Crippen molar-refractivity contribution in [1.29, 1.82) is 0 Å². The number of aromatic hydroxyl groups is 1. The second-order valence-corrected chi connectivity index (χ2v) is 17.8. The number of aryl methyl sites for hydroxylation is 1. The molecule has 13 heteroatoms. The third-order valence-electron chi connectivity index (χ3n) is 11.5. The van der Waals surface area contributed by atoms with Gasteiger partial charge in [0.05, 0.1) is 40.1 Å². The molecule has 7 rings (SSSR count). The number of amides is 3. The number of hydrogen-bond acceptors (Lipinski definition) is 10. The van der Waals surface area contributed by atoms with Crippen molar-refractivity contribution < 1.29 is 24.6 Å². The fourth-order valence-electron chi connectivity index (χ4n) is 8.10. The molecule has 0 aliphatic carbocycles. The standard InChI is InChI=1S/C46H53N7O5S/c1-28(31-10-12-33(13-11-31)42-29(2)47-27-59-42)49-44(57)39-24-36(54)26-53(39)45(58)43(46(3,4)5)50-41(56)22-30-18-20-52(21-19-30)35-16-14-32(15-17-35)34-23-38(51-48-25-34)37-8-6-7-9-40(37)55/h6-17,23,25,27-28,30,36,39,43,54-55H,18-22,24,26H2,1-5H3,(H,49,57)(H,50,56)/t28?,36-,39+,43?/m1/s1. The molecule has 0 spiro atoms. The molecule has 2 fully saturated rings. The van der Waals surface area contributed by atoms with Crippen LogP contribution in [0.1, 0.15) is 70.7 Å². The first-order valence-corrected chi connectivity index (χ1v) is 21.2. The molecule has 59 heavy (non-hydrogen) atoms. The number of para-hydroxylation sites is 1. The lowest BCUT2D eigenvalue weighted by Crippen LogP contribution is -2.58. The zero-order valence-electron chi connectivity index (χ0n) is 34.3. The number of benzene rings is 3. The number of carbonyl (C=O) groups is 3. The Morgan fingerprint density at radius 1 is 0.932 bits per heavy atom. The minimum absolute atomic E-state index is 0.0226. The van der Waals surface area contributed by atoms with Crippen LogP contribution in [0.3, 0.4) is 0 Å². The van der Waals surface area contributed by atoms with E-state index >= 15 is 0 Å². The van der Waals surface area contributed by atoms with Gasteiger partial charge in [0.1, 0.15) is 17.8 Å². The highest BCUT2D eigenvalue weighted by atomic mass is 32.1. The van der Waals surface area contributed by atoms with Crippen molar-refractivity contribution in [3.8, 4) is 38.6 Å². The fraction of sp³-hybridized carbons (Fsp3) is 0.391. The van der Waals surface area contributed by atoms with Crippen LogP contribution in [0.5, 0.6) is 5.75 Å². The second-order valence-electron chi connectivity index (χ2n) is 16.9. The predicted octanol–water partition coefficient (Wildman–Crippen LogP) is 6.92. The summed E-state index contributed by atoms with van der Waals surface area (Å²) in [5, 5.41) is 35.5. The SMILES string of the molecule is Cc1ncsc1-c1ccc(C(C)NC(=O)[C@@H]2C[C@@H](O)CN2C(=O)C(NC(=O)CC2CCN(c3ccc(-c4cnnc(-c5ccccc5O)c4)cc3)CC2)C(C)(C)C)cc1. The largest absolute Gasteiger partial charge is 0.507 e. The number of likely N-dealkylation sites (tertiary alicyclic amines) is 1. The topological polar surface area (TPSA) is 161 Å². The Morgan fingerprint density at radius 3 is 2.29 bits per heavy atom. The first-order valence-electron chi connectivity index (χ1n) is 20.3. The van der Waals surface area contributed by atoms with Gasteiger partial charge in [0.2, 0.25) is 17.7 Å². The zero-order valence-corrected chi connectivity index (χ0v) is 35.1. The summed E-state index contributed by atoms with van der Waals surface area (Å²) in [6.45, 7) is 11.2. The van der Waals surface area contributed by atoms with Crippen LogP contribution in [0.25, 0.3) is 32.8 Å². The molecule has 4 N–H and O–H groups in total. The van der Waals surface area contributed by atoms with E-state index in [2.05, 4.69) is 55.0 Å². The van der Waals surface area contributed by atoms with E-state index in [1.165, 1.54) is 4.90 Å². The molecule has 3 aromatic carbocycles. The van der Waals surface area contributed by atoms with Crippen molar-refractivity contribution in [2.24, 2.45) is 11.3 Å². The number of hydrogen-bond donors (Lipinski definition) is 4. The van der Waals surface area contributed by atoms with Crippen molar-refractivity contribution in [1.82, 2.24) is 30.7 Å². The van der Waals surface area contributed by atoms with Crippen molar-refractivity contribution in [2.75, 3.05) is 24.5 Å². The van der Waals surface area contributed by atoms with Gasteiger partial charge in [-0.1, -0.05) is 69.3 Å². The van der Waals surface area contributed by atoms with Gasteiger partial charge in [-0.15, -0.1) is 11.3 Å². The van der Waals surface area contributed by atoms with Gasteiger partial charge < -0.3 is 30.6 Å². The van der Waals surface area contributed by atoms with Gasteiger partial charge in [0, 0.05) is 49.3 Å². The first-order chi connectivity index (χ1) is 28.2. The summed E-state index contributed by atoms with van der Waals surface area (Å²) < 4.78 is 0. The Kier molecular flexibility index (Phi) is 12.4. The van der Waals surface area contributed by atoms with Crippen LogP contribution in [0.4, 0.5) is 5.69 Å². The highest BCUT2D eigenvalue weighted by Crippen LogP contribution is 2.33. The summed E-state index contributed by atoms with van der Waals surface area (Å²) >= 11 is 1.59. The maximum absolute atomic E-state index is 14.2. The summed E-state index contributed by atoms with van der Waals surface area (Å²) in [5.74, 6) is -0.581. The van der Waals surface area contributed by atoms with Crippen LogP contribution in [-0.4, -0.2) is 85.8 Å². The number of phenolic OH excluding ortho intramolecular Hbond substituents is 1. The summed E-state index contributed by atoms with van der Waals surface area (Å²) in [6, 6.07) is 23.2. The monoisotopic (exact) mass is 815 g/mol. The van der Waals surface area contributed by atoms with E-state index in [0.29, 0.717) is 17.7 Å². The molecule has 0 saturated carbocycles. The number of thiazole rings is 1. The summed E-state index contributed by atoms with van der Waals surface area (Å²) in [4.78, 5) is 50.7. The second kappa shape index (κ2) is 17.7. The average molecular weight is 816 g/mol. The van der Waals surface area contributed by atoms with Gasteiger partial charge in [-0.2, -0.15) is 10.2 Å². The highest BCUT2D eigenvalue weighted by molar-refractivity contribution is 7.13. The summed E-state index contributed by atoms with van der Waals surface area (Å²) in [7, 11) is 0. The fourth-order valence-corrected chi connectivity index (χ4v) is 8.92. The molecule has 0 radical (unpaired) electrons. The molecule has 5 aromatic rings. The highest BCUT2D eigenvalue weighted by Gasteiger charge is 2.45. The lowest BCUT2D eigenvalue weighted by Gasteiger charge is -2.36. The van der Waals surface area contributed by atoms with E-state index in [1.54, 1.807) is 29.7 Å². The van der Waals surface area contributed by atoms with Crippen LogP contribution in [0.15, 0.2) is 90.6 Å². The minimum atomic E-state index is -0.876. The van der Waals surface area contributed by atoms with Gasteiger partial charge in [-0.05, 0) is 85.0 Å². The Morgan fingerprint density at radius 2 is 1.63 bits per heavy atom. The third-order valence-corrected chi connectivity index (χ3v) is 12.5. The molecule has 0 bridgehead atoms. The molecule has 2 saturated heterocycles. The number of rotatable bonds is 11. The summed E-state index contributed by atoms with van der Waals surface area (Å²) in [5.41, 5.74) is 8.35. The number of anilines is 1. The molecule has 308 valence electrons. The Labute approximate surface area is 349 Å². The van der Waals surface area contributed by atoms with Crippen molar-refractivity contribution in [3.05, 3.63) is 102 Å². The smallest absolute Gasteiger partial charge is 0.246 e. The molecule has 3 amide bonds. The molecule has 2 aliphatic rings. The number of carbonyl (C=O) groups excluding carboxylic acids is 3. The van der Waals surface area contributed by atoms with Gasteiger partial charge in [-0.25, -0.2) is 4.98 Å². The molecule has 4 atom stereocenters. The lowest BCUT2D eigenvalue weighted by atomic mass is 9.85. The normalized spacial score (nSPS) is 18.3. The third kappa shape index (κ3) is 9.63. The van der Waals surface area contributed by atoms with Gasteiger partial charge in [0.25, 0.3) is 0 Å². The van der Waals surface area contributed by atoms with E-state index in [0.717, 1.165) is 64.4 Å². The van der Waals surface area contributed by atoms with Crippen LogP contribution in [-0.2, 0) is 14.4 Å². The van der Waals surface area contributed by atoms with E-state index in [9.17, 15) is 24.6 Å². The van der Waals surface area contributed by atoms with E-state index in [1.807, 2.05) is 82.6 Å². The first kappa shape index (κ1) is 41.5. The maximum Gasteiger partial charge on any atom is 0.246 e. The maximum atomic E-state index is 14.2. The number of β-amino-alcohol motifs (C(OH)–C–C–N with tert-alkyl or cyclic N) is 1. The molecule has 4 heterocycles. The van der Waals surface area contributed by atoms with E-state index < -0.39 is 23.6 Å². The number of aromatic nitrogens is 3. The minimum Gasteiger partial charge on any atom is -0.507 e. The molecule has 12 nitrogen and oxygen atoms in total. The van der Waals surface area contributed by atoms with Crippen LogP contribution < -0.4 is 15.5 Å². The van der Waals surface area contributed by atoms with E-state index in [4.69, 9.17) is 0 Å². The number of nitrogens with zero attached hydrogens (tertiary/aromatic N) is 5. The molecule has 2 aliphatic heterocycles. The Hall–Kier alpha value is -5.66. The quantitative estimate of drug-likeness (QED) is 0.111. The number of phenols is 1. The molecule has 2 unspecified atom stereocenters. The van der Waals surface area contributed by atoms with Crippen LogP contribution in [0, 0.1) is 18.3 Å². The predicted molar refractivity (Wildman–Crippen MR) is 230 cm³/mol. The van der Waals surface area contributed by atoms with E-state index in [-0.39, 0.29) is 48.4 Å².